The first-order chi connectivity index (χ1) is 9.64. The standard InChI is InChI=1S/C21H31.2BrH.Hf/c1-19(2,3)15-10-11-16(14-15)21(6)13-12-20(4,5)17-8-7-9-18(17)21;;;/h8,10,12-14,17-18H,7,9,11H2,1-6H3;2*1H;/q-1;;;/p-2. The van der Waals surface area contributed by atoms with E-state index in [1.165, 1.54) is 18.4 Å². The number of allylic oxidation sites excluding steroid dienone is 6. The molecule has 3 unspecified atom stereocenters. The van der Waals surface area contributed by atoms with Gasteiger partial charge in [0, 0.05) is 31.3 Å². The van der Waals surface area contributed by atoms with Gasteiger partial charge >= 0.3 is 0 Å². The summed E-state index contributed by atoms with van der Waals surface area (Å²) in [6, 6.07) is 0. The molecule has 0 saturated heterocycles. The molecular formula is C21H31Br2Hf-3. The van der Waals surface area contributed by atoms with Crippen molar-refractivity contribution in [2.24, 2.45) is 28.1 Å². The summed E-state index contributed by atoms with van der Waals surface area (Å²) in [7, 11) is 0. The van der Waals surface area contributed by atoms with Gasteiger partial charge in [0.2, 0.25) is 0 Å². The molecular weight excluding hydrogens is 591 g/mol. The van der Waals surface area contributed by atoms with E-state index >= 15 is 0 Å². The van der Waals surface area contributed by atoms with E-state index in [2.05, 4.69) is 72.3 Å². The second-order valence-corrected chi connectivity index (χ2v) is 9.17. The summed E-state index contributed by atoms with van der Waals surface area (Å²) in [5.74, 6) is 1.53. The Kier molecular flexibility index (Phi) is 8.75. The number of halogens is 2. The molecule has 0 nitrogen and oxygen atoms in total. The van der Waals surface area contributed by atoms with Crippen LogP contribution in [0, 0.1) is 34.5 Å². The van der Waals surface area contributed by atoms with Gasteiger partial charge in [-0.15, -0.1) is 0 Å². The van der Waals surface area contributed by atoms with Crippen molar-refractivity contribution in [3.05, 3.63) is 41.9 Å². The van der Waals surface area contributed by atoms with Gasteiger partial charge < -0.3 is 40.4 Å². The molecule has 0 radical (unpaired) electrons. The maximum Gasteiger partial charge on any atom is 0.00747 e. The molecule has 0 N–H and O–H groups in total. The first kappa shape index (κ1) is 25.1. The van der Waals surface area contributed by atoms with Gasteiger partial charge in [-0.2, -0.15) is 12.3 Å². The number of rotatable bonds is 1. The van der Waals surface area contributed by atoms with Crippen LogP contribution in [0.15, 0.2) is 35.5 Å². The minimum absolute atomic E-state index is 0. The topological polar surface area (TPSA) is 0 Å². The van der Waals surface area contributed by atoms with Crippen LogP contribution in [0.4, 0.5) is 0 Å². The van der Waals surface area contributed by atoms with E-state index in [0.29, 0.717) is 5.41 Å². The maximum absolute atomic E-state index is 2.60. The van der Waals surface area contributed by atoms with Crippen LogP contribution in [0.25, 0.3) is 0 Å². The molecule has 0 aliphatic heterocycles. The maximum atomic E-state index is 2.60. The molecule has 3 atom stereocenters. The quantitative estimate of drug-likeness (QED) is 0.222. The van der Waals surface area contributed by atoms with E-state index in [1.807, 2.05) is 0 Å². The van der Waals surface area contributed by atoms with Crippen LogP contribution in [0.1, 0.15) is 60.8 Å². The van der Waals surface area contributed by atoms with Crippen molar-refractivity contribution in [1.82, 2.24) is 0 Å². The summed E-state index contributed by atoms with van der Waals surface area (Å²) in [6.07, 6.45) is 16.4. The van der Waals surface area contributed by atoms with E-state index in [9.17, 15) is 0 Å². The monoisotopic (exact) mass is 621 g/mol. The Labute approximate surface area is 189 Å². The second kappa shape index (κ2) is 8.38. The first-order valence-corrected chi connectivity index (χ1v) is 8.60. The Morgan fingerprint density at radius 3 is 2.25 bits per heavy atom. The van der Waals surface area contributed by atoms with Gasteiger partial charge in [0.15, 0.2) is 0 Å². The van der Waals surface area contributed by atoms with Gasteiger partial charge in [-0.05, 0) is 22.8 Å². The Bertz CT molecular complexity index is 537. The van der Waals surface area contributed by atoms with Crippen LogP contribution >= 0.6 is 0 Å². The molecule has 0 bridgehead atoms. The third-order valence-electron chi connectivity index (χ3n) is 6.25. The van der Waals surface area contributed by atoms with Crippen molar-refractivity contribution >= 4 is 0 Å². The summed E-state index contributed by atoms with van der Waals surface area (Å²) in [5, 5.41) is 0. The van der Waals surface area contributed by atoms with Gasteiger partial charge in [-0.3, -0.25) is 0 Å². The van der Waals surface area contributed by atoms with E-state index in [-0.39, 0.29) is 70.6 Å². The Balaban J connectivity index is 0.00000176. The van der Waals surface area contributed by atoms with Gasteiger partial charge in [-0.25, -0.2) is 0 Å². The number of hydrogen-bond donors (Lipinski definition) is 0. The summed E-state index contributed by atoms with van der Waals surface area (Å²) >= 11 is 0. The van der Waals surface area contributed by atoms with Gasteiger partial charge in [0.05, 0.1) is 0 Å². The predicted molar refractivity (Wildman–Crippen MR) is 91.8 cm³/mol. The molecule has 3 heteroatoms. The van der Waals surface area contributed by atoms with Crippen LogP contribution in [-0.4, -0.2) is 0 Å². The summed E-state index contributed by atoms with van der Waals surface area (Å²) < 4.78 is 0. The molecule has 24 heavy (non-hydrogen) atoms. The van der Waals surface area contributed by atoms with E-state index in [0.717, 1.165) is 18.3 Å². The Hall–Kier alpha value is 1.05. The van der Waals surface area contributed by atoms with E-state index < -0.39 is 0 Å². The minimum atomic E-state index is 0. The third kappa shape index (κ3) is 4.30. The molecule has 3 rings (SSSR count). The smallest absolute Gasteiger partial charge is 0.00747 e. The average molecular weight is 622 g/mol. The van der Waals surface area contributed by atoms with E-state index in [1.54, 1.807) is 5.57 Å². The van der Waals surface area contributed by atoms with Crippen molar-refractivity contribution in [2.45, 2.75) is 60.8 Å². The van der Waals surface area contributed by atoms with Gasteiger partial charge in [0.25, 0.3) is 0 Å². The number of hydrogen-bond acceptors (Lipinski definition) is 0. The largest absolute Gasteiger partial charge is 1.00 e. The van der Waals surface area contributed by atoms with Crippen LogP contribution < -0.4 is 34.0 Å². The zero-order valence-corrected chi connectivity index (χ0v) is 22.7. The van der Waals surface area contributed by atoms with Crippen LogP contribution in [0.2, 0.25) is 0 Å². The molecule has 0 spiro atoms. The molecule has 0 aromatic rings. The van der Waals surface area contributed by atoms with Crippen LogP contribution in [0.3, 0.4) is 0 Å². The van der Waals surface area contributed by atoms with Crippen molar-refractivity contribution in [1.29, 1.82) is 0 Å². The van der Waals surface area contributed by atoms with Crippen molar-refractivity contribution in [3.8, 4) is 0 Å². The molecule has 0 heterocycles. The average Bonchev–Trinajstić information content (AvgIpc) is 3.02. The molecule has 0 amide bonds. The second-order valence-electron chi connectivity index (χ2n) is 9.17. The fourth-order valence-electron chi connectivity index (χ4n) is 4.69. The van der Waals surface area contributed by atoms with Crippen LogP contribution in [-0.2, 0) is 25.8 Å². The minimum Gasteiger partial charge on any atom is -1.00 e. The van der Waals surface area contributed by atoms with Crippen molar-refractivity contribution in [2.75, 3.05) is 0 Å². The normalized spacial score (nSPS) is 33.4. The molecule has 3 aliphatic carbocycles. The molecule has 0 aromatic carbocycles. The first-order valence-electron chi connectivity index (χ1n) is 8.60. The van der Waals surface area contributed by atoms with E-state index in [4.69, 9.17) is 0 Å². The SMILES string of the molecule is CC(C)(C)C1=CCC(C2(C)C=CC(C)(C)C3[CH-]CCC32)=C1.[Br-].[Br-].[Hf]. The van der Waals surface area contributed by atoms with Gasteiger partial charge in [-0.1, -0.05) is 83.8 Å². The summed E-state index contributed by atoms with van der Waals surface area (Å²) in [5.41, 5.74) is 4.04. The zero-order chi connectivity index (χ0) is 15.5. The molecule has 0 aromatic heterocycles. The molecule has 3 aliphatic rings. The van der Waals surface area contributed by atoms with Gasteiger partial charge in [0.1, 0.15) is 0 Å². The predicted octanol–water partition coefficient (Wildman–Crippen LogP) is 0.127. The summed E-state index contributed by atoms with van der Waals surface area (Å²) in [4.78, 5) is 0. The molecule has 136 valence electrons. The van der Waals surface area contributed by atoms with Crippen LogP contribution in [0.5, 0.6) is 0 Å². The molecule has 1 saturated carbocycles. The Morgan fingerprint density at radius 1 is 1.08 bits per heavy atom. The van der Waals surface area contributed by atoms with Crippen molar-refractivity contribution < 1.29 is 59.8 Å². The Morgan fingerprint density at radius 2 is 1.71 bits per heavy atom. The third-order valence-corrected chi connectivity index (χ3v) is 6.25. The number of fused-ring (bicyclic) bond motifs is 1. The molecule has 1 fully saturated rings. The summed E-state index contributed by atoms with van der Waals surface area (Å²) in [6.45, 7) is 14.3. The fraction of sp³-hybridized carbons (Fsp3) is 0.667. The zero-order valence-electron chi connectivity index (χ0n) is 15.9. The fourth-order valence-corrected chi connectivity index (χ4v) is 4.69. The van der Waals surface area contributed by atoms with Crippen molar-refractivity contribution in [3.63, 3.8) is 0 Å².